The molecule has 3 heteroatoms. The lowest BCUT2D eigenvalue weighted by atomic mass is 10.1. The van der Waals surface area contributed by atoms with Crippen LogP contribution in [0.25, 0.3) is 11.0 Å². The minimum Gasteiger partial charge on any atom is -0.460 e. The normalized spacial score (nSPS) is 10.5. The zero-order valence-corrected chi connectivity index (χ0v) is 7.28. The molecule has 0 N–H and O–H groups in total. The van der Waals surface area contributed by atoms with Crippen molar-refractivity contribution in [2.75, 3.05) is 0 Å². The van der Waals surface area contributed by atoms with Crippen LogP contribution in [0.4, 0.5) is 0 Å². The number of carbonyl (C=O) groups is 1. The number of rotatable bonds is 2. The average molecular weight is 175 g/mol. The number of aryl methyl sites for hydroxylation is 1. The molecule has 0 saturated carbocycles. The van der Waals surface area contributed by atoms with E-state index in [0.717, 1.165) is 29.4 Å². The van der Waals surface area contributed by atoms with Gasteiger partial charge in [-0.05, 0) is 6.07 Å². The highest BCUT2D eigenvalue weighted by molar-refractivity contribution is 5.96. The Morgan fingerprint density at radius 3 is 3.15 bits per heavy atom. The number of furan rings is 1. The average Bonchev–Trinajstić information content (AvgIpc) is 2.55. The molecule has 0 amide bonds. The highest BCUT2D eigenvalue weighted by Gasteiger charge is 2.10. The fourth-order valence-electron chi connectivity index (χ4n) is 1.40. The van der Waals surface area contributed by atoms with Gasteiger partial charge in [0.05, 0.1) is 5.56 Å². The maximum absolute atomic E-state index is 10.8. The van der Waals surface area contributed by atoms with Gasteiger partial charge in [-0.25, -0.2) is 0 Å². The van der Waals surface area contributed by atoms with Gasteiger partial charge < -0.3 is 4.42 Å². The Kier molecular flexibility index (Phi) is 1.85. The summed E-state index contributed by atoms with van der Waals surface area (Å²) in [7, 11) is 0. The van der Waals surface area contributed by atoms with Crippen LogP contribution in [0.2, 0.25) is 0 Å². The van der Waals surface area contributed by atoms with Gasteiger partial charge in [0.2, 0.25) is 0 Å². The maximum atomic E-state index is 10.8. The summed E-state index contributed by atoms with van der Waals surface area (Å²) < 4.78 is 5.47. The number of pyridine rings is 1. The smallest absolute Gasteiger partial charge is 0.154 e. The number of nitrogens with zero attached hydrogens (tertiary/aromatic N) is 1. The first-order valence-electron chi connectivity index (χ1n) is 4.17. The molecule has 2 aromatic heterocycles. The van der Waals surface area contributed by atoms with Crippen LogP contribution in [-0.2, 0) is 6.42 Å². The molecule has 2 rings (SSSR count). The van der Waals surface area contributed by atoms with E-state index in [1.807, 2.05) is 6.92 Å². The SMILES string of the molecule is CCc1oc2ccncc2c1C=O. The predicted octanol–water partition coefficient (Wildman–Crippen LogP) is 2.20. The van der Waals surface area contributed by atoms with Gasteiger partial charge in [0.25, 0.3) is 0 Å². The van der Waals surface area contributed by atoms with Crippen LogP contribution in [0, 0.1) is 0 Å². The Hall–Kier alpha value is -1.64. The van der Waals surface area contributed by atoms with Gasteiger partial charge in [-0.1, -0.05) is 6.92 Å². The molecule has 66 valence electrons. The van der Waals surface area contributed by atoms with Crippen LogP contribution in [0.3, 0.4) is 0 Å². The highest BCUT2D eigenvalue weighted by atomic mass is 16.3. The van der Waals surface area contributed by atoms with E-state index in [9.17, 15) is 4.79 Å². The van der Waals surface area contributed by atoms with Crippen LogP contribution < -0.4 is 0 Å². The lowest BCUT2D eigenvalue weighted by Gasteiger charge is -1.87. The van der Waals surface area contributed by atoms with E-state index in [0.29, 0.717) is 5.56 Å². The van der Waals surface area contributed by atoms with Gasteiger partial charge in [0.1, 0.15) is 11.3 Å². The van der Waals surface area contributed by atoms with Crippen molar-refractivity contribution in [2.45, 2.75) is 13.3 Å². The Morgan fingerprint density at radius 1 is 1.62 bits per heavy atom. The van der Waals surface area contributed by atoms with Crippen molar-refractivity contribution in [1.82, 2.24) is 4.98 Å². The second-order valence-corrected chi connectivity index (χ2v) is 2.78. The Labute approximate surface area is 75.4 Å². The zero-order valence-electron chi connectivity index (χ0n) is 7.28. The summed E-state index contributed by atoms with van der Waals surface area (Å²) in [6.07, 6.45) is 4.86. The third-order valence-electron chi connectivity index (χ3n) is 2.04. The van der Waals surface area contributed by atoms with Crippen molar-refractivity contribution >= 4 is 17.3 Å². The van der Waals surface area contributed by atoms with Gasteiger partial charge >= 0.3 is 0 Å². The van der Waals surface area contributed by atoms with Crippen LogP contribution >= 0.6 is 0 Å². The van der Waals surface area contributed by atoms with E-state index in [1.165, 1.54) is 0 Å². The summed E-state index contributed by atoms with van der Waals surface area (Å²) in [6, 6.07) is 1.77. The molecule has 0 atom stereocenters. The van der Waals surface area contributed by atoms with Crippen molar-refractivity contribution in [1.29, 1.82) is 0 Å². The van der Waals surface area contributed by atoms with E-state index in [1.54, 1.807) is 18.5 Å². The molecule has 13 heavy (non-hydrogen) atoms. The lowest BCUT2D eigenvalue weighted by Crippen LogP contribution is -1.83. The molecular weight excluding hydrogens is 166 g/mol. The van der Waals surface area contributed by atoms with Gasteiger partial charge in [-0.2, -0.15) is 0 Å². The second kappa shape index (κ2) is 3.01. The molecule has 0 bridgehead atoms. The zero-order chi connectivity index (χ0) is 9.26. The summed E-state index contributed by atoms with van der Waals surface area (Å²) in [5.74, 6) is 0.734. The minimum atomic E-state index is 0.630. The molecule has 0 fully saturated rings. The number of carbonyl (C=O) groups excluding carboxylic acids is 1. The predicted molar refractivity (Wildman–Crippen MR) is 48.8 cm³/mol. The second-order valence-electron chi connectivity index (χ2n) is 2.78. The number of aromatic nitrogens is 1. The van der Waals surface area contributed by atoms with Crippen LogP contribution in [0.1, 0.15) is 23.0 Å². The molecule has 2 aromatic rings. The summed E-state index contributed by atoms with van der Waals surface area (Å²) in [5, 5.41) is 0.800. The van der Waals surface area contributed by atoms with E-state index in [2.05, 4.69) is 4.98 Å². The van der Waals surface area contributed by atoms with Gasteiger partial charge in [-0.3, -0.25) is 9.78 Å². The number of fused-ring (bicyclic) bond motifs is 1. The lowest BCUT2D eigenvalue weighted by molar-refractivity contribution is 0.112. The van der Waals surface area contributed by atoms with Crippen molar-refractivity contribution in [3.05, 3.63) is 29.8 Å². The highest BCUT2D eigenvalue weighted by Crippen LogP contribution is 2.23. The van der Waals surface area contributed by atoms with Crippen molar-refractivity contribution in [2.24, 2.45) is 0 Å². The molecule has 0 unspecified atom stereocenters. The quantitative estimate of drug-likeness (QED) is 0.657. The Balaban J connectivity index is 2.81. The monoisotopic (exact) mass is 175 g/mol. The van der Waals surface area contributed by atoms with Crippen molar-refractivity contribution in [3.63, 3.8) is 0 Å². The minimum absolute atomic E-state index is 0.630. The topological polar surface area (TPSA) is 43.1 Å². The number of hydrogen-bond donors (Lipinski definition) is 0. The molecule has 2 heterocycles. The number of aldehydes is 1. The Morgan fingerprint density at radius 2 is 2.46 bits per heavy atom. The largest absolute Gasteiger partial charge is 0.460 e. The Bertz CT molecular complexity index is 445. The van der Waals surface area contributed by atoms with Crippen LogP contribution in [0.5, 0.6) is 0 Å². The van der Waals surface area contributed by atoms with E-state index < -0.39 is 0 Å². The van der Waals surface area contributed by atoms with E-state index in [-0.39, 0.29) is 0 Å². The molecule has 0 aliphatic rings. The molecule has 3 nitrogen and oxygen atoms in total. The van der Waals surface area contributed by atoms with Gasteiger partial charge in [0, 0.05) is 24.2 Å². The van der Waals surface area contributed by atoms with Crippen molar-refractivity contribution < 1.29 is 9.21 Å². The molecule has 0 saturated heterocycles. The molecule has 0 radical (unpaired) electrons. The standard InChI is InChI=1S/C10H9NO2/c1-2-9-8(6-12)7-5-11-4-3-10(7)13-9/h3-6H,2H2,1H3. The van der Waals surface area contributed by atoms with Crippen molar-refractivity contribution in [3.8, 4) is 0 Å². The van der Waals surface area contributed by atoms with Crippen LogP contribution in [-0.4, -0.2) is 11.3 Å². The summed E-state index contributed by atoms with van der Waals surface area (Å²) in [4.78, 5) is 14.7. The molecular formula is C10H9NO2. The first-order chi connectivity index (χ1) is 6.36. The van der Waals surface area contributed by atoms with Gasteiger partial charge in [0.15, 0.2) is 6.29 Å². The third kappa shape index (κ3) is 1.13. The molecule has 0 aliphatic heterocycles. The van der Waals surface area contributed by atoms with E-state index >= 15 is 0 Å². The first-order valence-corrected chi connectivity index (χ1v) is 4.17. The molecule has 0 spiro atoms. The number of hydrogen-bond acceptors (Lipinski definition) is 3. The first kappa shape index (κ1) is 7.98. The summed E-state index contributed by atoms with van der Waals surface area (Å²) in [6.45, 7) is 1.96. The third-order valence-corrected chi connectivity index (χ3v) is 2.04. The van der Waals surface area contributed by atoms with E-state index in [4.69, 9.17) is 4.42 Å². The fourth-order valence-corrected chi connectivity index (χ4v) is 1.40. The fraction of sp³-hybridized carbons (Fsp3) is 0.200. The van der Waals surface area contributed by atoms with Gasteiger partial charge in [-0.15, -0.1) is 0 Å². The summed E-state index contributed by atoms with van der Waals surface area (Å²) >= 11 is 0. The van der Waals surface area contributed by atoms with Crippen LogP contribution in [0.15, 0.2) is 22.9 Å². The molecule has 0 aliphatic carbocycles. The maximum Gasteiger partial charge on any atom is 0.154 e. The summed E-state index contributed by atoms with van der Waals surface area (Å²) in [5.41, 5.74) is 1.36. The molecule has 0 aromatic carbocycles.